The van der Waals surface area contributed by atoms with Gasteiger partial charge in [-0.15, -0.1) is 0 Å². The van der Waals surface area contributed by atoms with Gasteiger partial charge in [0.15, 0.2) is 4.77 Å². The van der Waals surface area contributed by atoms with Crippen molar-refractivity contribution in [3.8, 4) is 11.6 Å². The first-order valence-electron chi connectivity index (χ1n) is 8.04. The molecule has 0 saturated heterocycles. The van der Waals surface area contributed by atoms with Gasteiger partial charge in [-0.2, -0.15) is 0 Å². The molecule has 1 aromatic heterocycles. The van der Waals surface area contributed by atoms with Crippen LogP contribution in [0.5, 0.6) is 5.88 Å². The molecule has 0 saturated carbocycles. The van der Waals surface area contributed by atoms with Crippen molar-refractivity contribution in [3.63, 3.8) is 0 Å². The van der Waals surface area contributed by atoms with Crippen LogP contribution in [0, 0.1) is 10.6 Å². The third-order valence-electron chi connectivity index (χ3n) is 3.87. The van der Waals surface area contributed by atoms with E-state index in [0.717, 1.165) is 19.6 Å². The van der Waals surface area contributed by atoms with Crippen molar-refractivity contribution in [1.29, 1.82) is 0 Å². The van der Waals surface area contributed by atoms with Gasteiger partial charge in [0.05, 0.1) is 12.2 Å². The lowest BCUT2D eigenvalue weighted by molar-refractivity contribution is 0.313. The van der Waals surface area contributed by atoms with E-state index < -0.39 is 11.4 Å². The van der Waals surface area contributed by atoms with E-state index in [-0.39, 0.29) is 16.2 Å². The summed E-state index contributed by atoms with van der Waals surface area (Å²) in [6, 6.07) is 5.42. The zero-order chi connectivity index (χ0) is 18.4. The van der Waals surface area contributed by atoms with Crippen LogP contribution in [0.1, 0.15) is 19.4 Å². The highest BCUT2D eigenvalue weighted by Gasteiger charge is 2.12. The lowest BCUT2D eigenvalue weighted by Gasteiger charge is -2.15. The number of hydrogen-bond acceptors (Lipinski definition) is 5. The third-order valence-corrected chi connectivity index (χ3v) is 4.15. The highest BCUT2D eigenvalue weighted by molar-refractivity contribution is 7.71. The summed E-state index contributed by atoms with van der Waals surface area (Å²) >= 11 is 5.10. The molecule has 0 fully saturated rings. The summed E-state index contributed by atoms with van der Waals surface area (Å²) in [6.07, 6.45) is 1.34. The zero-order valence-corrected chi connectivity index (χ0v) is 15.0. The minimum Gasteiger partial charge on any atom is -0.494 e. The molecule has 8 heteroatoms. The van der Waals surface area contributed by atoms with E-state index in [4.69, 9.17) is 12.2 Å². The Morgan fingerprint density at radius 3 is 2.56 bits per heavy atom. The molecule has 0 aliphatic rings. The van der Waals surface area contributed by atoms with Gasteiger partial charge in [0.1, 0.15) is 11.4 Å². The zero-order valence-electron chi connectivity index (χ0n) is 14.2. The highest BCUT2D eigenvalue weighted by Crippen LogP contribution is 2.18. The number of nitrogens with one attached hydrogen (secondary N) is 1. The van der Waals surface area contributed by atoms with Gasteiger partial charge in [0, 0.05) is 12.8 Å². The van der Waals surface area contributed by atoms with E-state index in [1.807, 2.05) is 0 Å². The van der Waals surface area contributed by atoms with Gasteiger partial charge in [-0.1, -0.05) is 13.8 Å². The fourth-order valence-electron chi connectivity index (χ4n) is 2.38. The monoisotopic (exact) mass is 364 g/mol. The number of likely N-dealkylation sites (N-methyl/N-ethyl adjacent to an activating group) is 1. The van der Waals surface area contributed by atoms with Gasteiger partial charge in [0.2, 0.25) is 5.88 Å². The molecule has 0 amide bonds. The van der Waals surface area contributed by atoms with Crippen molar-refractivity contribution >= 4 is 18.4 Å². The van der Waals surface area contributed by atoms with Crippen molar-refractivity contribution in [3.05, 3.63) is 50.8 Å². The van der Waals surface area contributed by atoms with E-state index >= 15 is 0 Å². The maximum Gasteiger partial charge on any atom is 0.264 e. The Labute approximate surface area is 150 Å². The second-order valence-corrected chi connectivity index (χ2v) is 5.76. The molecule has 1 heterocycles. The molecule has 2 aromatic rings. The molecule has 1 aromatic carbocycles. The van der Waals surface area contributed by atoms with Crippen LogP contribution in [-0.2, 0) is 0 Å². The standard InChI is InChI=1S/C17H21FN4O2S/c1-3-21(4-2)10-9-19-11-14-15(23)20-17(25)22(16(14)24)13-7-5-12(18)6-8-13/h5-8,11,24H,3-4,9-10H2,1-2H3,(H,20,23,25). The van der Waals surface area contributed by atoms with Crippen molar-refractivity contribution in [2.75, 3.05) is 26.2 Å². The number of hydrogen-bond donors (Lipinski definition) is 2. The Morgan fingerprint density at radius 1 is 1.32 bits per heavy atom. The van der Waals surface area contributed by atoms with Gasteiger partial charge < -0.3 is 10.0 Å². The van der Waals surface area contributed by atoms with E-state index in [9.17, 15) is 14.3 Å². The van der Waals surface area contributed by atoms with Crippen LogP contribution in [-0.4, -0.2) is 52.0 Å². The molecule has 0 radical (unpaired) electrons. The largest absolute Gasteiger partial charge is 0.494 e. The van der Waals surface area contributed by atoms with Crippen LogP contribution in [0.25, 0.3) is 5.69 Å². The molecule has 0 spiro atoms. The molecule has 0 unspecified atom stereocenters. The van der Waals surface area contributed by atoms with Crippen LogP contribution >= 0.6 is 12.2 Å². The van der Waals surface area contributed by atoms with Crippen LogP contribution in [0.3, 0.4) is 0 Å². The minimum absolute atomic E-state index is 0.0115. The first-order valence-corrected chi connectivity index (χ1v) is 8.45. The number of halogens is 1. The average Bonchev–Trinajstić information content (AvgIpc) is 2.59. The molecule has 2 rings (SSSR count). The molecule has 0 aliphatic heterocycles. The van der Waals surface area contributed by atoms with Gasteiger partial charge in [-0.25, -0.2) is 4.39 Å². The maximum atomic E-state index is 13.1. The van der Waals surface area contributed by atoms with E-state index in [0.29, 0.717) is 12.2 Å². The fraction of sp³-hybridized carbons (Fsp3) is 0.353. The highest BCUT2D eigenvalue weighted by atomic mass is 32.1. The van der Waals surface area contributed by atoms with Gasteiger partial charge in [-0.3, -0.25) is 19.3 Å². The first kappa shape index (κ1) is 19.0. The second-order valence-electron chi connectivity index (χ2n) is 5.37. The number of nitrogens with zero attached hydrogens (tertiary/aromatic N) is 3. The van der Waals surface area contributed by atoms with E-state index in [2.05, 4.69) is 28.7 Å². The molecule has 134 valence electrons. The van der Waals surface area contributed by atoms with Crippen LogP contribution in [0.2, 0.25) is 0 Å². The molecule has 25 heavy (non-hydrogen) atoms. The summed E-state index contributed by atoms with van der Waals surface area (Å²) < 4.78 is 14.4. The van der Waals surface area contributed by atoms with Crippen molar-refractivity contribution in [1.82, 2.24) is 14.5 Å². The quantitative estimate of drug-likeness (QED) is 0.585. The molecule has 2 N–H and O–H groups in total. The van der Waals surface area contributed by atoms with E-state index in [1.165, 1.54) is 35.0 Å². The van der Waals surface area contributed by atoms with Gasteiger partial charge in [-0.05, 0) is 49.6 Å². The van der Waals surface area contributed by atoms with Gasteiger partial charge >= 0.3 is 0 Å². The Bertz CT molecular complexity index is 854. The Kier molecular flexibility index (Phi) is 6.60. The fourth-order valence-corrected chi connectivity index (χ4v) is 2.66. The number of H-pyrrole nitrogens is 1. The Hall–Kier alpha value is -2.32. The summed E-state index contributed by atoms with van der Waals surface area (Å²) in [5, 5.41) is 10.5. The number of aromatic hydroxyl groups is 1. The first-order chi connectivity index (χ1) is 12.0. The normalized spacial score (nSPS) is 11.5. The smallest absolute Gasteiger partial charge is 0.264 e. The molecule has 0 atom stereocenters. The molecule has 0 bridgehead atoms. The number of aromatic amines is 1. The average molecular weight is 364 g/mol. The SMILES string of the molecule is CCN(CC)CCN=Cc1c(O)n(-c2ccc(F)cc2)c(=S)[nH]c1=O. The number of rotatable bonds is 7. The predicted octanol–water partition coefficient (Wildman–Crippen LogP) is 2.50. The topological polar surface area (TPSA) is 73.6 Å². The summed E-state index contributed by atoms with van der Waals surface area (Å²) in [4.78, 5) is 21.0. The molecular formula is C17H21FN4O2S. The molecular weight excluding hydrogens is 343 g/mol. The van der Waals surface area contributed by atoms with Crippen molar-refractivity contribution in [2.24, 2.45) is 4.99 Å². The number of benzene rings is 1. The van der Waals surface area contributed by atoms with Crippen molar-refractivity contribution < 1.29 is 9.50 Å². The van der Waals surface area contributed by atoms with Crippen LogP contribution in [0.4, 0.5) is 4.39 Å². The lowest BCUT2D eigenvalue weighted by atomic mass is 10.3. The van der Waals surface area contributed by atoms with Gasteiger partial charge in [0.25, 0.3) is 5.56 Å². The molecule has 0 aliphatic carbocycles. The van der Waals surface area contributed by atoms with E-state index in [1.54, 1.807) is 0 Å². The number of aliphatic imine (C=N–C) groups is 1. The Balaban J connectivity index is 2.33. The Morgan fingerprint density at radius 2 is 1.96 bits per heavy atom. The van der Waals surface area contributed by atoms with Crippen LogP contribution < -0.4 is 5.56 Å². The molecule has 6 nitrogen and oxygen atoms in total. The second kappa shape index (κ2) is 8.68. The van der Waals surface area contributed by atoms with Crippen LogP contribution in [0.15, 0.2) is 34.1 Å². The number of aromatic nitrogens is 2. The lowest BCUT2D eigenvalue weighted by Crippen LogP contribution is -2.25. The summed E-state index contributed by atoms with van der Waals surface area (Å²) in [5.74, 6) is -0.732. The summed E-state index contributed by atoms with van der Waals surface area (Å²) in [6.45, 7) is 7.25. The predicted molar refractivity (Wildman–Crippen MR) is 99.1 cm³/mol. The summed E-state index contributed by atoms with van der Waals surface area (Å²) in [5.41, 5.74) is -0.0668. The minimum atomic E-state index is -0.521. The summed E-state index contributed by atoms with van der Waals surface area (Å²) in [7, 11) is 0. The maximum absolute atomic E-state index is 13.1. The van der Waals surface area contributed by atoms with Crippen molar-refractivity contribution in [2.45, 2.75) is 13.8 Å². The third kappa shape index (κ3) is 4.61.